The largest absolute Gasteiger partial charge is 0.330 e. The van der Waals surface area contributed by atoms with Crippen LogP contribution >= 0.6 is 23.7 Å². The third-order valence-electron chi connectivity index (χ3n) is 2.36. The molecule has 0 aliphatic carbocycles. The number of thiophene rings is 1. The van der Waals surface area contributed by atoms with Gasteiger partial charge < -0.3 is 5.73 Å². The summed E-state index contributed by atoms with van der Waals surface area (Å²) in [7, 11) is -1.75. The molecule has 1 heterocycles. The van der Waals surface area contributed by atoms with Crippen LogP contribution in [0, 0.1) is 5.41 Å². The smallest absolute Gasteiger partial charge is 0.252 e. The Morgan fingerprint density at radius 2 is 2.06 bits per heavy atom. The molecule has 2 N–H and O–H groups in total. The molecule has 0 saturated heterocycles. The molecule has 0 unspecified atom stereocenters. The van der Waals surface area contributed by atoms with Gasteiger partial charge in [-0.05, 0) is 23.4 Å². The normalized spacial score (nSPS) is 12.5. The molecule has 1 aromatic heterocycles. The number of nitrogens with zero attached hydrogens (tertiary/aromatic N) is 1. The lowest BCUT2D eigenvalue weighted by Crippen LogP contribution is -2.39. The fourth-order valence-electron chi connectivity index (χ4n) is 1.32. The molecule has 0 radical (unpaired) electrons. The maximum absolute atomic E-state index is 12.1. The maximum Gasteiger partial charge on any atom is 0.252 e. The Morgan fingerprint density at radius 1 is 1.47 bits per heavy atom. The zero-order valence-electron chi connectivity index (χ0n) is 10.2. The van der Waals surface area contributed by atoms with E-state index < -0.39 is 10.0 Å². The van der Waals surface area contributed by atoms with Crippen molar-refractivity contribution in [3.05, 3.63) is 17.5 Å². The number of hydrogen-bond donors (Lipinski definition) is 1. The highest BCUT2D eigenvalue weighted by atomic mass is 35.5. The van der Waals surface area contributed by atoms with Gasteiger partial charge >= 0.3 is 0 Å². The van der Waals surface area contributed by atoms with Crippen LogP contribution in [0.25, 0.3) is 0 Å². The minimum absolute atomic E-state index is 0. The molecule has 0 aromatic carbocycles. The van der Waals surface area contributed by atoms with Crippen molar-refractivity contribution in [1.29, 1.82) is 0 Å². The van der Waals surface area contributed by atoms with Gasteiger partial charge in [0.05, 0.1) is 0 Å². The first-order valence-electron chi connectivity index (χ1n) is 4.99. The van der Waals surface area contributed by atoms with Crippen LogP contribution in [-0.2, 0) is 10.0 Å². The van der Waals surface area contributed by atoms with Gasteiger partial charge in [0.15, 0.2) is 0 Å². The van der Waals surface area contributed by atoms with Crippen molar-refractivity contribution in [2.75, 3.05) is 20.1 Å². The second-order valence-corrected chi connectivity index (χ2v) is 7.78. The van der Waals surface area contributed by atoms with Gasteiger partial charge in [-0.15, -0.1) is 23.7 Å². The molecule has 1 rings (SSSR count). The molecule has 7 heteroatoms. The van der Waals surface area contributed by atoms with Crippen LogP contribution < -0.4 is 5.73 Å². The minimum atomic E-state index is -3.34. The average molecular weight is 299 g/mol. The molecule has 1 aromatic rings. The molecular weight excluding hydrogens is 280 g/mol. The summed E-state index contributed by atoms with van der Waals surface area (Å²) in [6.07, 6.45) is 0. The van der Waals surface area contributed by atoms with Gasteiger partial charge in [0.1, 0.15) is 4.21 Å². The predicted octanol–water partition coefficient (Wildman–Crippen LogP) is 1.78. The van der Waals surface area contributed by atoms with Gasteiger partial charge in [-0.3, -0.25) is 0 Å². The quantitative estimate of drug-likeness (QED) is 0.901. The summed E-state index contributed by atoms with van der Waals surface area (Å²) in [5, 5.41) is 1.76. The SMILES string of the molecule is CN(CC(C)(C)CN)S(=O)(=O)c1cccs1.Cl. The van der Waals surface area contributed by atoms with E-state index in [1.807, 2.05) is 13.8 Å². The van der Waals surface area contributed by atoms with Crippen LogP contribution in [0.15, 0.2) is 21.7 Å². The van der Waals surface area contributed by atoms with Crippen molar-refractivity contribution in [3.8, 4) is 0 Å². The minimum Gasteiger partial charge on any atom is -0.330 e. The van der Waals surface area contributed by atoms with Crippen LogP contribution in [0.2, 0.25) is 0 Å². The fraction of sp³-hybridized carbons (Fsp3) is 0.600. The summed E-state index contributed by atoms with van der Waals surface area (Å²) >= 11 is 1.23. The highest BCUT2D eigenvalue weighted by molar-refractivity contribution is 7.91. The van der Waals surface area contributed by atoms with E-state index in [0.29, 0.717) is 17.3 Å². The fourth-order valence-corrected chi connectivity index (χ4v) is 3.88. The summed E-state index contributed by atoms with van der Waals surface area (Å²) in [5.41, 5.74) is 5.39. The van der Waals surface area contributed by atoms with E-state index in [0.717, 1.165) is 0 Å². The lowest BCUT2D eigenvalue weighted by Gasteiger charge is -2.28. The van der Waals surface area contributed by atoms with E-state index in [4.69, 9.17) is 5.73 Å². The van der Waals surface area contributed by atoms with Crippen molar-refractivity contribution in [2.24, 2.45) is 11.1 Å². The monoisotopic (exact) mass is 298 g/mol. The number of rotatable bonds is 5. The molecular formula is C10H19ClN2O2S2. The number of nitrogens with two attached hydrogens (primary N) is 1. The van der Waals surface area contributed by atoms with Crippen molar-refractivity contribution in [3.63, 3.8) is 0 Å². The molecule has 0 aliphatic heterocycles. The molecule has 17 heavy (non-hydrogen) atoms. The summed E-state index contributed by atoms with van der Waals surface area (Å²) in [5.74, 6) is 0. The molecule has 0 aliphatic rings. The van der Waals surface area contributed by atoms with E-state index in [1.165, 1.54) is 15.6 Å². The van der Waals surface area contributed by atoms with Crippen LogP contribution in [-0.4, -0.2) is 32.9 Å². The summed E-state index contributed by atoms with van der Waals surface area (Å²) in [4.78, 5) is 0. The van der Waals surface area contributed by atoms with Crippen molar-refractivity contribution in [1.82, 2.24) is 4.31 Å². The first-order chi connectivity index (χ1) is 7.29. The zero-order valence-corrected chi connectivity index (χ0v) is 12.7. The standard InChI is InChI=1S/C10H18N2O2S2.ClH/c1-10(2,7-11)8-12(3)16(13,14)9-5-4-6-15-9;/h4-6H,7-8,11H2,1-3H3;1H. The summed E-state index contributed by atoms with van der Waals surface area (Å²) < 4.78 is 25.9. The van der Waals surface area contributed by atoms with E-state index >= 15 is 0 Å². The van der Waals surface area contributed by atoms with Crippen molar-refractivity contribution in [2.45, 2.75) is 18.1 Å². The molecule has 0 saturated carbocycles. The van der Waals surface area contributed by atoms with E-state index in [2.05, 4.69) is 0 Å². The second kappa shape index (κ2) is 6.15. The lowest BCUT2D eigenvalue weighted by molar-refractivity contribution is 0.292. The van der Waals surface area contributed by atoms with Gasteiger partial charge in [0.2, 0.25) is 0 Å². The molecule has 100 valence electrons. The van der Waals surface area contributed by atoms with E-state index in [9.17, 15) is 8.42 Å². The maximum atomic E-state index is 12.1. The van der Waals surface area contributed by atoms with Crippen LogP contribution in [0.1, 0.15) is 13.8 Å². The second-order valence-electron chi connectivity index (χ2n) is 4.56. The first-order valence-corrected chi connectivity index (χ1v) is 7.31. The first kappa shape index (κ1) is 16.9. The lowest BCUT2D eigenvalue weighted by atomic mass is 9.94. The van der Waals surface area contributed by atoms with Gasteiger partial charge in [0, 0.05) is 13.6 Å². The van der Waals surface area contributed by atoms with Crippen molar-refractivity contribution >= 4 is 33.8 Å². The topological polar surface area (TPSA) is 63.4 Å². The molecule has 0 spiro atoms. The zero-order chi connectivity index (χ0) is 12.4. The predicted molar refractivity (Wildman–Crippen MR) is 74.2 cm³/mol. The third kappa shape index (κ3) is 4.22. The van der Waals surface area contributed by atoms with E-state index in [1.54, 1.807) is 24.6 Å². The summed E-state index contributed by atoms with van der Waals surface area (Å²) in [6, 6.07) is 3.35. The van der Waals surface area contributed by atoms with Gasteiger partial charge in [0.25, 0.3) is 10.0 Å². The summed E-state index contributed by atoms with van der Waals surface area (Å²) in [6.45, 7) is 4.78. The van der Waals surface area contributed by atoms with Crippen LogP contribution in [0.5, 0.6) is 0 Å². The van der Waals surface area contributed by atoms with Gasteiger partial charge in [-0.1, -0.05) is 19.9 Å². The average Bonchev–Trinajstić information content (AvgIpc) is 2.70. The Hall–Kier alpha value is -0.140. The van der Waals surface area contributed by atoms with Gasteiger partial charge in [-0.25, -0.2) is 8.42 Å². The molecule has 0 bridgehead atoms. The number of hydrogen-bond acceptors (Lipinski definition) is 4. The highest BCUT2D eigenvalue weighted by Gasteiger charge is 2.27. The van der Waals surface area contributed by atoms with Crippen molar-refractivity contribution < 1.29 is 8.42 Å². The van der Waals surface area contributed by atoms with Gasteiger partial charge in [-0.2, -0.15) is 4.31 Å². The molecule has 4 nitrogen and oxygen atoms in total. The number of halogens is 1. The van der Waals surface area contributed by atoms with Crippen LogP contribution in [0.4, 0.5) is 0 Å². The Kier molecular flexibility index (Phi) is 6.10. The van der Waals surface area contributed by atoms with Crippen LogP contribution in [0.3, 0.4) is 0 Å². The Bertz CT molecular complexity index is 429. The Morgan fingerprint density at radius 3 is 2.47 bits per heavy atom. The molecule has 0 atom stereocenters. The Labute approximate surface area is 113 Å². The molecule has 0 fully saturated rings. The molecule has 0 amide bonds. The third-order valence-corrected chi connectivity index (χ3v) is 5.54. The number of sulfonamides is 1. The van der Waals surface area contributed by atoms with E-state index in [-0.39, 0.29) is 17.8 Å². The highest BCUT2D eigenvalue weighted by Crippen LogP contribution is 2.23. The Balaban J connectivity index is 0.00000256.